The summed E-state index contributed by atoms with van der Waals surface area (Å²) in [5.41, 5.74) is 0.272. The van der Waals surface area contributed by atoms with E-state index in [9.17, 15) is 14.3 Å². The molecule has 1 aliphatic rings. The maximum Gasteiger partial charge on any atom is 0.314 e. The van der Waals surface area contributed by atoms with Gasteiger partial charge in [0.25, 0.3) is 0 Å². The van der Waals surface area contributed by atoms with Crippen LogP contribution in [0.5, 0.6) is 5.75 Å². The first-order chi connectivity index (χ1) is 11.6. The number of hydrogen-bond acceptors (Lipinski definition) is 3. The molecule has 5 heteroatoms. The van der Waals surface area contributed by atoms with Crippen LogP contribution in [0.4, 0.5) is 4.39 Å². The first-order valence-electron chi connectivity index (χ1n) is 7.89. The fraction of sp³-hybridized carbons (Fsp3) is 0.316. The molecule has 0 atom stereocenters. The molecule has 0 aliphatic carbocycles. The van der Waals surface area contributed by atoms with Gasteiger partial charge in [0.2, 0.25) is 0 Å². The summed E-state index contributed by atoms with van der Waals surface area (Å²) in [7, 11) is 0. The van der Waals surface area contributed by atoms with Crippen molar-refractivity contribution in [3.63, 3.8) is 0 Å². The van der Waals surface area contributed by atoms with Crippen LogP contribution in [0.2, 0.25) is 0 Å². The van der Waals surface area contributed by atoms with Gasteiger partial charge in [-0.3, -0.25) is 4.79 Å². The molecule has 1 heterocycles. The van der Waals surface area contributed by atoms with Crippen molar-refractivity contribution in [3.8, 4) is 5.75 Å². The van der Waals surface area contributed by atoms with E-state index in [-0.39, 0.29) is 0 Å². The van der Waals surface area contributed by atoms with Gasteiger partial charge in [0.1, 0.15) is 18.2 Å². The molecular weight excluding hydrogens is 311 g/mol. The Kier molecular flexibility index (Phi) is 4.81. The minimum Gasteiger partial charge on any atom is -0.489 e. The van der Waals surface area contributed by atoms with Crippen LogP contribution in [0, 0.1) is 5.82 Å². The molecule has 126 valence electrons. The van der Waals surface area contributed by atoms with Crippen molar-refractivity contribution in [2.45, 2.75) is 24.9 Å². The van der Waals surface area contributed by atoms with Gasteiger partial charge in [-0.25, -0.2) is 4.39 Å². The molecule has 1 aliphatic heterocycles. The molecule has 2 aromatic carbocycles. The molecule has 1 fully saturated rings. The predicted octanol–water partition coefficient (Wildman–Crippen LogP) is 3.54. The van der Waals surface area contributed by atoms with E-state index in [1.54, 1.807) is 6.07 Å². The number of benzene rings is 2. The first kappa shape index (κ1) is 16.5. The molecule has 0 radical (unpaired) electrons. The molecule has 1 saturated heterocycles. The number of ether oxygens (including phenoxy) is 2. The Balaban J connectivity index is 1.86. The predicted molar refractivity (Wildman–Crippen MR) is 86.5 cm³/mol. The number of carboxylic acid groups (broad SMARTS) is 1. The summed E-state index contributed by atoms with van der Waals surface area (Å²) in [6, 6.07) is 13.7. The summed E-state index contributed by atoms with van der Waals surface area (Å²) < 4.78 is 25.0. The van der Waals surface area contributed by atoms with Crippen LogP contribution in [0.1, 0.15) is 24.0 Å². The fourth-order valence-electron chi connectivity index (χ4n) is 3.01. The topological polar surface area (TPSA) is 55.8 Å². The number of hydrogen-bond donors (Lipinski definition) is 1. The lowest BCUT2D eigenvalue weighted by molar-refractivity contribution is -0.147. The molecule has 0 spiro atoms. The zero-order valence-corrected chi connectivity index (χ0v) is 13.2. The van der Waals surface area contributed by atoms with Gasteiger partial charge in [-0.15, -0.1) is 0 Å². The molecule has 0 unspecified atom stereocenters. The van der Waals surface area contributed by atoms with E-state index >= 15 is 0 Å². The SMILES string of the molecule is O=C(O)C1(c2cc(F)cc(OCc3ccccc3)c2)CCOCC1. The van der Waals surface area contributed by atoms with Crippen molar-refractivity contribution >= 4 is 5.97 Å². The third-order valence-corrected chi connectivity index (χ3v) is 4.43. The van der Waals surface area contributed by atoms with E-state index in [4.69, 9.17) is 9.47 Å². The lowest BCUT2D eigenvalue weighted by Crippen LogP contribution is -2.41. The Labute approximate surface area is 139 Å². The summed E-state index contributed by atoms with van der Waals surface area (Å²) in [5, 5.41) is 9.71. The summed E-state index contributed by atoms with van der Waals surface area (Å²) in [6.45, 7) is 0.999. The Morgan fingerprint density at radius 1 is 1.17 bits per heavy atom. The highest BCUT2D eigenvalue weighted by molar-refractivity contribution is 5.81. The van der Waals surface area contributed by atoms with Gasteiger partial charge in [-0.1, -0.05) is 30.3 Å². The van der Waals surface area contributed by atoms with E-state index in [1.807, 2.05) is 30.3 Å². The lowest BCUT2D eigenvalue weighted by atomic mass is 9.74. The van der Waals surface area contributed by atoms with Gasteiger partial charge in [0.15, 0.2) is 0 Å². The molecule has 0 amide bonds. The van der Waals surface area contributed by atoms with Crippen LogP contribution in [0.25, 0.3) is 0 Å². The van der Waals surface area contributed by atoms with Gasteiger partial charge in [0.05, 0.1) is 5.41 Å². The second kappa shape index (κ2) is 7.01. The van der Waals surface area contributed by atoms with Gasteiger partial charge in [-0.2, -0.15) is 0 Å². The van der Waals surface area contributed by atoms with E-state index in [2.05, 4.69) is 0 Å². The zero-order chi connectivity index (χ0) is 17.0. The highest BCUT2D eigenvalue weighted by Gasteiger charge is 2.42. The Morgan fingerprint density at radius 2 is 1.88 bits per heavy atom. The van der Waals surface area contributed by atoms with Crippen molar-refractivity contribution in [2.75, 3.05) is 13.2 Å². The minimum atomic E-state index is -1.12. The van der Waals surface area contributed by atoms with Crippen LogP contribution >= 0.6 is 0 Å². The first-order valence-corrected chi connectivity index (χ1v) is 7.89. The second-order valence-corrected chi connectivity index (χ2v) is 5.95. The number of rotatable bonds is 5. The second-order valence-electron chi connectivity index (χ2n) is 5.95. The largest absolute Gasteiger partial charge is 0.489 e. The fourth-order valence-corrected chi connectivity index (χ4v) is 3.01. The Morgan fingerprint density at radius 3 is 2.54 bits per heavy atom. The van der Waals surface area contributed by atoms with Crippen LogP contribution < -0.4 is 4.74 Å². The molecule has 3 rings (SSSR count). The van der Waals surface area contributed by atoms with Gasteiger partial charge < -0.3 is 14.6 Å². The molecule has 1 N–H and O–H groups in total. The van der Waals surface area contributed by atoms with Gasteiger partial charge in [0, 0.05) is 19.3 Å². The molecule has 2 aromatic rings. The zero-order valence-electron chi connectivity index (χ0n) is 13.2. The smallest absolute Gasteiger partial charge is 0.314 e. The molecule has 24 heavy (non-hydrogen) atoms. The highest BCUT2D eigenvalue weighted by Crippen LogP contribution is 2.37. The maximum atomic E-state index is 14.0. The molecule has 0 saturated carbocycles. The normalized spacial score (nSPS) is 16.5. The minimum absolute atomic E-state index is 0.299. The lowest BCUT2D eigenvalue weighted by Gasteiger charge is -2.33. The summed E-state index contributed by atoms with van der Waals surface area (Å²) in [6.07, 6.45) is 0.647. The maximum absolute atomic E-state index is 14.0. The van der Waals surface area contributed by atoms with E-state index in [0.29, 0.717) is 44.0 Å². The Hall–Kier alpha value is -2.40. The van der Waals surface area contributed by atoms with Crippen LogP contribution in [-0.2, 0) is 21.6 Å². The monoisotopic (exact) mass is 330 g/mol. The molecular formula is C19H19FO4. The third-order valence-electron chi connectivity index (χ3n) is 4.43. The quantitative estimate of drug-likeness (QED) is 0.911. The van der Waals surface area contributed by atoms with Gasteiger partial charge >= 0.3 is 5.97 Å². The summed E-state index contributed by atoms with van der Waals surface area (Å²) >= 11 is 0. The van der Waals surface area contributed by atoms with Crippen molar-refractivity contribution in [1.82, 2.24) is 0 Å². The molecule has 0 bridgehead atoms. The standard InChI is InChI=1S/C19H19FO4/c20-16-10-15(19(18(21)22)6-8-23-9-7-19)11-17(12-16)24-13-14-4-2-1-3-5-14/h1-5,10-12H,6-9,13H2,(H,21,22). The molecule has 0 aromatic heterocycles. The Bertz CT molecular complexity index is 709. The van der Waals surface area contributed by atoms with Crippen molar-refractivity contribution < 1.29 is 23.8 Å². The number of carboxylic acids is 1. The average Bonchev–Trinajstić information content (AvgIpc) is 2.61. The highest BCUT2D eigenvalue weighted by atomic mass is 19.1. The average molecular weight is 330 g/mol. The van der Waals surface area contributed by atoms with Crippen molar-refractivity contribution in [1.29, 1.82) is 0 Å². The van der Waals surface area contributed by atoms with Crippen LogP contribution in [-0.4, -0.2) is 24.3 Å². The third kappa shape index (κ3) is 3.41. The summed E-state index contributed by atoms with van der Waals surface area (Å²) in [4.78, 5) is 11.9. The number of aliphatic carboxylic acids is 1. The van der Waals surface area contributed by atoms with Crippen LogP contribution in [0.3, 0.4) is 0 Å². The van der Waals surface area contributed by atoms with E-state index < -0.39 is 17.2 Å². The van der Waals surface area contributed by atoms with E-state index in [0.717, 1.165) is 5.56 Å². The number of carbonyl (C=O) groups is 1. The van der Waals surface area contributed by atoms with E-state index in [1.165, 1.54) is 12.1 Å². The van der Waals surface area contributed by atoms with Crippen LogP contribution in [0.15, 0.2) is 48.5 Å². The van der Waals surface area contributed by atoms with Gasteiger partial charge in [-0.05, 0) is 36.1 Å². The number of halogens is 1. The van der Waals surface area contributed by atoms with Crippen molar-refractivity contribution in [3.05, 3.63) is 65.5 Å². The summed E-state index contributed by atoms with van der Waals surface area (Å²) in [5.74, 6) is -1.12. The molecule has 4 nitrogen and oxygen atoms in total. The van der Waals surface area contributed by atoms with Crippen molar-refractivity contribution in [2.24, 2.45) is 0 Å².